The maximum atomic E-state index is 13.1. The highest BCUT2D eigenvalue weighted by molar-refractivity contribution is 8.13. The lowest BCUT2D eigenvalue weighted by Crippen LogP contribution is -1.95. The number of hydrogen-bond acceptors (Lipinski definition) is 4. The number of pyridine rings is 1. The zero-order chi connectivity index (χ0) is 12.0. The van der Waals surface area contributed by atoms with Gasteiger partial charge in [-0.1, -0.05) is 23.9 Å². The molecule has 0 spiro atoms. The van der Waals surface area contributed by atoms with Crippen molar-refractivity contribution in [2.75, 3.05) is 5.75 Å². The number of thioether (sulfide) groups is 1. The second-order valence-electron chi connectivity index (χ2n) is 2.93. The highest BCUT2D eigenvalue weighted by atomic mass is 32.2. The molecular weight excluding hydrogens is 229 g/mol. The van der Waals surface area contributed by atoms with Crippen LogP contribution in [0.25, 0.3) is 6.08 Å². The van der Waals surface area contributed by atoms with Gasteiger partial charge in [0, 0.05) is 18.9 Å². The van der Waals surface area contributed by atoms with Crippen molar-refractivity contribution in [2.45, 2.75) is 6.92 Å². The van der Waals surface area contributed by atoms with Crippen LogP contribution < -0.4 is 0 Å². The Hall–Kier alpha value is -1.49. The van der Waals surface area contributed by atoms with E-state index in [9.17, 15) is 14.0 Å². The highest BCUT2D eigenvalue weighted by Crippen LogP contribution is 2.11. The molecule has 0 amide bonds. The van der Waals surface area contributed by atoms with Crippen LogP contribution in [0.4, 0.5) is 4.39 Å². The minimum atomic E-state index is -0.781. The summed E-state index contributed by atoms with van der Waals surface area (Å²) in [7, 11) is 0. The molecule has 0 aliphatic rings. The number of aldehydes is 1. The summed E-state index contributed by atoms with van der Waals surface area (Å²) in [6, 6.07) is 1.54. The SMILES string of the molecule is CC(=O)SCC=Cc1ccnc(F)c1C=O. The van der Waals surface area contributed by atoms with Crippen molar-refractivity contribution in [3.8, 4) is 0 Å². The zero-order valence-corrected chi connectivity index (χ0v) is 9.46. The summed E-state index contributed by atoms with van der Waals surface area (Å²) in [4.78, 5) is 24.6. The van der Waals surface area contributed by atoms with Gasteiger partial charge in [-0.15, -0.1) is 0 Å². The van der Waals surface area contributed by atoms with Gasteiger partial charge in [-0.25, -0.2) is 4.98 Å². The number of carbonyl (C=O) groups excluding carboxylic acids is 2. The molecule has 1 aromatic rings. The van der Waals surface area contributed by atoms with E-state index in [1.807, 2.05) is 0 Å². The summed E-state index contributed by atoms with van der Waals surface area (Å²) in [5.41, 5.74) is 0.401. The molecule has 0 saturated carbocycles. The Bertz CT molecular complexity index is 432. The molecule has 0 radical (unpaired) electrons. The normalized spacial score (nSPS) is 10.6. The second kappa shape index (κ2) is 6.17. The predicted octanol–water partition coefficient (Wildman–Crippen LogP) is 2.33. The first-order valence-corrected chi connectivity index (χ1v) is 5.53. The first-order chi connectivity index (χ1) is 7.65. The third kappa shape index (κ3) is 3.58. The van der Waals surface area contributed by atoms with E-state index in [2.05, 4.69) is 4.98 Å². The van der Waals surface area contributed by atoms with E-state index in [1.54, 1.807) is 18.2 Å². The van der Waals surface area contributed by atoms with Crippen LogP contribution in [0.1, 0.15) is 22.8 Å². The average Bonchev–Trinajstić information content (AvgIpc) is 2.24. The molecule has 0 aliphatic heterocycles. The smallest absolute Gasteiger partial charge is 0.224 e. The summed E-state index contributed by atoms with van der Waals surface area (Å²) in [6.45, 7) is 1.47. The molecule has 1 heterocycles. The first kappa shape index (κ1) is 12.6. The van der Waals surface area contributed by atoms with Crippen LogP contribution in [0.15, 0.2) is 18.3 Å². The number of nitrogens with zero attached hydrogens (tertiary/aromatic N) is 1. The van der Waals surface area contributed by atoms with Gasteiger partial charge >= 0.3 is 0 Å². The Labute approximate surface area is 96.8 Å². The van der Waals surface area contributed by atoms with Crippen LogP contribution in [0.2, 0.25) is 0 Å². The molecule has 84 valence electrons. The van der Waals surface area contributed by atoms with Crippen molar-refractivity contribution in [3.05, 3.63) is 35.4 Å². The number of aromatic nitrogens is 1. The van der Waals surface area contributed by atoms with Gasteiger partial charge in [-0.2, -0.15) is 4.39 Å². The maximum absolute atomic E-state index is 13.1. The number of rotatable bonds is 4. The monoisotopic (exact) mass is 239 g/mol. The Kier molecular flexibility index (Phi) is 4.85. The number of halogens is 1. The van der Waals surface area contributed by atoms with E-state index in [-0.39, 0.29) is 10.7 Å². The molecular formula is C11H10FNO2S. The highest BCUT2D eigenvalue weighted by Gasteiger charge is 2.05. The number of carbonyl (C=O) groups is 2. The van der Waals surface area contributed by atoms with Crippen LogP contribution in [0.3, 0.4) is 0 Å². The van der Waals surface area contributed by atoms with Gasteiger partial charge in [-0.3, -0.25) is 9.59 Å². The van der Waals surface area contributed by atoms with E-state index in [4.69, 9.17) is 0 Å². The molecule has 16 heavy (non-hydrogen) atoms. The quantitative estimate of drug-likeness (QED) is 0.597. The summed E-state index contributed by atoms with van der Waals surface area (Å²) in [6.07, 6.45) is 5.03. The third-order valence-corrected chi connectivity index (χ3v) is 2.54. The molecule has 0 aromatic carbocycles. The maximum Gasteiger partial charge on any atom is 0.224 e. The molecule has 0 unspecified atom stereocenters. The molecule has 0 atom stereocenters. The van der Waals surface area contributed by atoms with E-state index in [0.717, 1.165) is 11.8 Å². The standard InChI is InChI=1S/C11H10FNO2S/c1-8(15)16-6-2-3-9-4-5-13-11(12)10(9)7-14/h2-5,7H,6H2,1H3. The summed E-state index contributed by atoms with van der Waals surface area (Å²) >= 11 is 1.14. The molecule has 5 heteroatoms. The second-order valence-corrected chi connectivity index (χ2v) is 4.12. The molecule has 0 N–H and O–H groups in total. The molecule has 0 bridgehead atoms. The number of hydrogen-bond donors (Lipinski definition) is 0. The van der Waals surface area contributed by atoms with Gasteiger partial charge in [0.25, 0.3) is 0 Å². The molecule has 1 rings (SSSR count). The van der Waals surface area contributed by atoms with E-state index >= 15 is 0 Å². The van der Waals surface area contributed by atoms with Crippen molar-refractivity contribution >= 4 is 29.2 Å². The van der Waals surface area contributed by atoms with Crippen molar-refractivity contribution in [3.63, 3.8) is 0 Å². The Morgan fingerprint density at radius 1 is 1.62 bits per heavy atom. The predicted molar refractivity (Wildman–Crippen MR) is 61.8 cm³/mol. The van der Waals surface area contributed by atoms with Gasteiger partial charge in [-0.05, 0) is 11.6 Å². The lowest BCUT2D eigenvalue weighted by Gasteiger charge is -1.98. The van der Waals surface area contributed by atoms with Gasteiger partial charge in [0.1, 0.15) is 0 Å². The molecule has 1 aromatic heterocycles. The zero-order valence-electron chi connectivity index (χ0n) is 8.64. The van der Waals surface area contributed by atoms with Gasteiger partial charge in [0.05, 0.1) is 5.56 Å². The Balaban J connectivity index is 2.76. The summed E-state index contributed by atoms with van der Waals surface area (Å²) < 4.78 is 13.1. The van der Waals surface area contributed by atoms with Crippen molar-refractivity contribution in [2.24, 2.45) is 0 Å². The van der Waals surface area contributed by atoms with Crippen LogP contribution in [-0.2, 0) is 4.79 Å². The van der Waals surface area contributed by atoms with Crippen LogP contribution >= 0.6 is 11.8 Å². The fourth-order valence-corrected chi connectivity index (χ4v) is 1.49. The Morgan fingerprint density at radius 2 is 2.38 bits per heavy atom. The van der Waals surface area contributed by atoms with E-state index < -0.39 is 5.95 Å². The topological polar surface area (TPSA) is 47.0 Å². The first-order valence-electron chi connectivity index (χ1n) is 4.54. The summed E-state index contributed by atoms with van der Waals surface area (Å²) in [5.74, 6) is -0.284. The van der Waals surface area contributed by atoms with Gasteiger partial charge < -0.3 is 0 Å². The molecule has 0 fully saturated rings. The Morgan fingerprint density at radius 3 is 3.00 bits per heavy atom. The van der Waals surface area contributed by atoms with Gasteiger partial charge in [0.15, 0.2) is 11.4 Å². The van der Waals surface area contributed by atoms with Crippen molar-refractivity contribution < 1.29 is 14.0 Å². The largest absolute Gasteiger partial charge is 0.298 e. The van der Waals surface area contributed by atoms with Crippen LogP contribution in [0, 0.1) is 5.95 Å². The van der Waals surface area contributed by atoms with Crippen LogP contribution in [-0.4, -0.2) is 22.1 Å². The van der Waals surface area contributed by atoms with Crippen molar-refractivity contribution in [1.29, 1.82) is 0 Å². The molecule has 0 aliphatic carbocycles. The minimum Gasteiger partial charge on any atom is -0.298 e. The molecule has 0 saturated heterocycles. The van der Waals surface area contributed by atoms with Crippen LogP contribution in [0.5, 0.6) is 0 Å². The summed E-state index contributed by atoms with van der Waals surface area (Å²) in [5, 5.41) is 0.0150. The lowest BCUT2D eigenvalue weighted by molar-refractivity contribution is -0.109. The van der Waals surface area contributed by atoms with E-state index in [0.29, 0.717) is 17.6 Å². The fraction of sp³-hybridized carbons (Fsp3) is 0.182. The van der Waals surface area contributed by atoms with E-state index in [1.165, 1.54) is 13.1 Å². The minimum absolute atomic E-state index is 0.0150. The molecule has 3 nitrogen and oxygen atoms in total. The third-order valence-electron chi connectivity index (χ3n) is 1.77. The van der Waals surface area contributed by atoms with Crippen molar-refractivity contribution in [1.82, 2.24) is 4.98 Å². The lowest BCUT2D eigenvalue weighted by atomic mass is 10.1. The van der Waals surface area contributed by atoms with Gasteiger partial charge in [0.2, 0.25) is 5.95 Å². The average molecular weight is 239 g/mol. The fourth-order valence-electron chi connectivity index (χ4n) is 1.06.